The number of hydrogen-bond acceptors (Lipinski definition) is 3. The minimum absolute atomic E-state index is 0.0328. The van der Waals surface area contributed by atoms with E-state index in [2.05, 4.69) is 15.6 Å². The molecule has 1 aromatic carbocycles. The molecule has 0 spiro atoms. The fraction of sp³-hybridized carbons (Fsp3) is 0.471. The third-order valence-electron chi connectivity index (χ3n) is 4.46. The molecule has 1 atom stereocenters. The van der Waals surface area contributed by atoms with Crippen molar-refractivity contribution in [1.82, 2.24) is 10.6 Å². The molecule has 0 aliphatic carbocycles. The number of hydrogen-bond donors (Lipinski definition) is 2. The van der Waals surface area contributed by atoms with Gasteiger partial charge in [0.15, 0.2) is 0 Å². The Balaban J connectivity index is 2.26. The first kappa shape index (κ1) is 17.5. The number of aliphatic imine (C=N–C) groups is 1. The van der Waals surface area contributed by atoms with Gasteiger partial charge in [0.25, 0.3) is 0 Å². The van der Waals surface area contributed by atoms with Crippen molar-refractivity contribution in [2.75, 3.05) is 0 Å². The van der Waals surface area contributed by atoms with Crippen LogP contribution in [0.3, 0.4) is 0 Å². The predicted octanol–water partition coefficient (Wildman–Crippen LogP) is 3.41. The van der Waals surface area contributed by atoms with Crippen LogP contribution in [0.4, 0.5) is 5.69 Å². The van der Waals surface area contributed by atoms with Crippen LogP contribution >= 0.6 is 11.6 Å². The Hall–Kier alpha value is -1.88. The number of rotatable bonds is 5. The molecule has 5 nitrogen and oxygen atoms in total. The molecule has 2 N–H and O–H groups in total. The molecule has 1 aromatic rings. The van der Waals surface area contributed by atoms with Gasteiger partial charge in [-0.3, -0.25) is 20.2 Å². The van der Waals surface area contributed by atoms with Crippen LogP contribution < -0.4 is 10.6 Å². The average Bonchev–Trinajstić information content (AvgIpc) is 2.50. The van der Waals surface area contributed by atoms with Crippen LogP contribution in [0, 0.1) is 11.3 Å². The maximum atomic E-state index is 12.7. The summed E-state index contributed by atoms with van der Waals surface area (Å²) in [5.41, 5.74) is -0.426. The number of guanidine groups is 1. The van der Waals surface area contributed by atoms with E-state index in [0.29, 0.717) is 17.1 Å². The van der Waals surface area contributed by atoms with E-state index < -0.39 is 5.41 Å². The molecule has 23 heavy (non-hydrogen) atoms. The van der Waals surface area contributed by atoms with Crippen LogP contribution in [0.1, 0.15) is 40.0 Å². The highest BCUT2D eigenvalue weighted by molar-refractivity contribution is 6.30. The van der Waals surface area contributed by atoms with Gasteiger partial charge in [-0.2, -0.15) is 0 Å². The Kier molecular flexibility index (Phi) is 5.42. The lowest BCUT2D eigenvalue weighted by atomic mass is 9.70. The van der Waals surface area contributed by atoms with E-state index in [-0.39, 0.29) is 23.7 Å². The maximum Gasteiger partial charge on any atom is 0.242 e. The van der Waals surface area contributed by atoms with Crippen LogP contribution in [-0.4, -0.2) is 17.8 Å². The van der Waals surface area contributed by atoms with Crippen molar-refractivity contribution in [2.24, 2.45) is 16.3 Å². The second-order valence-electron chi connectivity index (χ2n) is 5.86. The van der Waals surface area contributed by atoms with Gasteiger partial charge < -0.3 is 0 Å². The Bertz CT molecular complexity index is 605. The molecule has 1 aliphatic rings. The van der Waals surface area contributed by atoms with Crippen LogP contribution in [0.2, 0.25) is 5.02 Å². The zero-order valence-corrected chi connectivity index (χ0v) is 14.4. The lowest BCUT2D eigenvalue weighted by molar-refractivity contribution is -0.147. The van der Waals surface area contributed by atoms with E-state index in [4.69, 9.17) is 11.6 Å². The zero-order chi connectivity index (χ0) is 17.0. The first-order chi connectivity index (χ1) is 10.9. The van der Waals surface area contributed by atoms with E-state index in [1.54, 1.807) is 24.3 Å². The standard InChI is InChI=1S/C17H22ClN3O2/c1-4-6-11(3)17(5-2)14(22)20-16(21-15(17)23)19-13-9-7-12(18)8-10-13/h7-11H,4-6H2,1-3H3,(H2,19,20,21,22,23)/t11-/m1/s1. The molecule has 2 amide bonds. The van der Waals surface area contributed by atoms with Gasteiger partial charge in [0, 0.05) is 5.02 Å². The summed E-state index contributed by atoms with van der Waals surface area (Å²) in [5.74, 6) is -0.431. The van der Waals surface area contributed by atoms with E-state index in [1.165, 1.54) is 0 Å². The van der Waals surface area contributed by atoms with Gasteiger partial charge >= 0.3 is 0 Å². The van der Waals surface area contributed by atoms with Crippen LogP contribution in [0.25, 0.3) is 0 Å². The van der Waals surface area contributed by atoms with Gasteiger partial charge in [0.2, 0.25) is 17.8 Å². The molecule has 1 fully saturated rings. The third kappa shape index (κ3) is 3.39. The average molecular weight is 336 g/mol. The SMILES string of the molecule is CCC[C@@H](C)C1(CC)C(=O)NC(=Nc2ccc(Cl)cc2)NC1=O. The lowest BCUT2D eigenvalue weighted by Gasteiger charge is -2.38. The molecule has 0 unspecified atom stereocenters. The minimum Gasteiger partial charge on any atom is -0.295 e. The number of nitrogens with one attached hydrogen (secondary N) is 2. The number of halogens is 1. The molecule has 1 aliphatic heterocycles. The van der Waals surface area contributed by atoms with Gasteiger partial charge in [-0.15, -0.1) is 0 Å². The number of benzene rings is 1. The van der Waals surface area contributed by atoms with E-state index in [9.17, 15) is 9.59 Å². The molecule has 0 saturated carbocycles. The first-order valence-corrected chi connectivity index (χ1v) is 8.29. The summed E-state index contributed by atoms with van der Waals surface area (Å²) in [6.45, 7) is 5.87. The predicted molar refractivity (Wildman–Crippen MR) is 91.6 cm³/mol. The van der Waals surface area contributed by atoms with Crippen molar-refractivity contribution in [1.29, 1.82) is 0 Å². The normalized spacial score (nSPS) is 22.3. The summed E-state index contributed by atoms with van der Waals surface area (Å²) in [7, 11) is 0. The second kappa shape index (κ2) is 7.13. The van der Waals surface area contributed by atoms with E-state index in [0.717, 1.165) is 12.8 Å². The molecule has 1 saturated heterocycles. The summed E-state index contributed by atoms with van der Waals surface area (Å²) >= 11 is 5.83. The van der Waals surface area contributed by atoms with Crippen LogP contribution in [0.5, 0.6) is 0 Å². The lowest BCUT2D eigenvalue weighted by Crippen LogP contribution is -2.64. The smallest absolute Gasteiger partial charge is 0.242 e. The van der Waals surface area contributed by atoms with Gasteiger partial charge in [-0.05, 0) is 43.0 Å². The fourth-order valence-electron chi connectivity index (χ4n) is 3.07. The number of carbonyl (C=O) groups excluding carboxylic acids is 2. The van der Waals surface area contributed by atoms with Crippen molar-refractivity contribution in [2.45, 2.75) is 40.0 Å². The molecule has 0 bridgehead atoms. The summed E-state index contributed by atoms with van der Waals surface area (Å²) in [5, 5.41) is 6.08. The van der Waals surface area contributed by atoms with E-state index >= 15 is 0 Å². The first-order valence-electron chi connectivity index (χ1n) is 7.91. The van der Waals surface area contributed by atoms with Gasteiger partial charge in [-0.1, -0.05) is 38.8 Å². The highest BCUT2D eigenvalue weighted by atomic mass is 35.5. The molecule has 0 aromatic heterocycles. The van der Waals surface area contributed by atoms with Gasteiger partial charge in [0.1, 0.15) is 5.41 Å². The van der Waals surface area contributed by atoms with E-state index in [1.807, 2.05) is 20.8 Å². The Morgan fingerprint density at radius 3 is 2.17 bits per heavy atom. The molecular formula is C17H22ClN3O2. The van der Waals surface area contributed by atoms with Crippen molar-refractivity contribution in [3.8, 4) is 0 Å². The fourth-order valence-corrected chi connectivity index (χ4v) is 3.20. The maximum absolute atomic E-state index is 12.7. The molecule has 124 valence electrons. The Labute approximate surface area is 141 Å². The quantitative estimate of drug-likeness (QED) is 0.809. The molecule has 2 rings (SSSR count). The monoisotopic (exact) mass is 335 g/mol. The molecule has 0 radical (unpaired) electrons. The zero-order valence-electron chi connectivity index (χ0n) is 13.6. The number of amides is 2. The van der Waals surface area contributed by atoms with Crippen molar-refractivity contribution < 1.29 is 9.59 Å². The van der Waals surface area contributed by atoms with Crippen LogP contribution in [-0.2, 0) is 9.59 Å². The highest BCUT2D eigenvalue weighted by Crippen LogP contribution is 2.36. The third-order valence-corrected chi connectivity index (χ3v) is 4.71. The summed E-state index contributed by atoms with van der Waals surface area (Å²) < 4.78 is 0. The summed E-state index contributed by atoms with van der Waals surface area (Å²) in [4.78, 5) is 29.6. The highest BCUT2D eigenvalue weighted by Gasteiger charge is 2.51. The molecule has 1 heterocycles. The van der Waals surface area contributed by atoms with Gasteiger partial charge in [0.05, 0.1) is 5.69 Å². The molecule has 6 heteroatoms. The summed E-state index contributed by atoms with van der Waals surface area (Å²) in [6, 6.07) is 6.84. The van der Waals surface area contributed by atoms with Crippen LogP contribution in [0.15, 0.2) is 29.3 Å². The minimum atomic E-state index is -1.03. The topological polar surface area (TPSA) is 70.6 Å². The van der Waals surface area contributed by atoms with Crippen molar-refractivity contribution >= 4 is 35.1 Å². The Morgan fingerprint density at radius 1 is 1.13 bits per heavy atom. The second-order valence-corrected chi connectivity index (χ2v) is 6.30. The van der Waals surface area contributed by atoms with Crippen molar-refractivity contribution in [3.63, 3.8) is 0 Å². The largest absolute Gasteiger partial charge is 0.295 e. The number of nitrogens with zero attached hydrogens (tertiary/aromatic N) is 1. The summed E-state index contributed by atoms with van der Waals surface area (Å²) in [6.07, 6.45) is 2.20. The molecular weight excluding hydrogens is 314 g/mol. The van der Waals surface area contributed by atoms with Gasteiger partial charge in [-0.25, -0.2) is 4.99 Å². The van der Waals surface area contributed by atoms with Crippen molar-refractivity contribution in [3.05, 3.63) is 29.3 Å². The number of carbonyl (C=O) groups is 2. The Morgan fingerprint density at radius 2 is 1.70 bits per heavy atom.